The molecule has 0 bridgehead atoms. The molecule has 0 saturated heterocycles. The average molecular weight is 246 g/mol. The van der Waals surface area contributed by atoms with E-state index in [1.807, 2.05) is 0 Å². The predicted octanol–water partition coefficient (Wildman–Crippen LogP) is 1.49. The van der Waals surface area contributed by atoms with Crippen LogP contribution in [0.1, 0.15) is 0 Å². The molecule has 1 heterocycles. The smallest absolute Gasteiger partial charge is 0.375 e. The molecule has 0 atom stereocenters. The van der Waals surface area contributed by atoms with Gasteiger partial charge in [0.05, 0.1) is 5.69 Å². The van der Waals surface area contributed by atoms with Crippen LogP contribution in [0.4, 0.5) is 15.3 Å². The molecular weight excluding hydrogens is 236 g/mol. The summed E-state index contributed by atoms with van der Waals surface area (Å²) in [5.74, 6) is 0. The van der Waals surface area contributed by atoms with E-state index in [0.29, 0.717) is 10.6 Å². The molecule has 3 N–H and O–H groups in total. The largest absolute Gasteiger partial charge is 0.430 e. The molecule has 0 spiro atoms. The highest BCUT2D eigenvalue weighted by molar-refractivity contribution is 6.11. The van der Waals surface area contributed by atoms with Crippen molar-refractivity contribution in [2.45, 2.75) is 0 Å². The maximum Gasteiger partial charge on any atom is 0.430 e. The molecule has 2 rings (SSSR count). The molecule has 0 unspecified atom stereocenters. The lowest BCUT2D eigenvalue weighted by molar-refractivity contribution is 0.202. The minimum Gasteiger partial charge on any atom is -0.375 e. The molecule has 7 nitrogen and oxygen atoms in total. The molecule has 0 saturated carbocycles. The van der Waals surface area contributed by atoms with E-state index in [1.54, 1.807) is 30.3 Å². The molecule has 1 aromatic heterocycles. The Labute approximate surface area is 102 Å². The number of para-hydroxylation sites is 1. The first-order chi connectivity index (χ1) is 8.68. The van der Waals surface area contributed by atoms with Crippen LogP contribution in [0.5, 0.6) is 6.01 Å². The number of hydrogen-bond acceptors (Lipinski definition) is 4. The van der Waals surface area contributed by atoms with E-state index in [2.05, 4.69) is 9.97 Å². The van der Waals surface area contributed by atoms with Crippen molar-refractivity contribution in [1.82, 2.24) is 9.97 Å². The quantitative estimate of drug-likeness (QED) is 0.838. The van der Waals surface area contributed by atoms with E-state index < -0.39 is 12.1 Å². The Bertz CT molecular complexity index is 539. The van der Waals surface area contributed by atoms with Crippen LogP contribution in [0.3, 0.4) is 0 Å². The number of hydrogen-bond donors (Lipinski definition) is 2. The number of nitrogens with one attached hydrogen (secondary N) is 1. The van der Waals surface area contributed by atoms with E-state index in [0.717, 1.165) is 0 Å². The molecule has 3 amide bonds. The van der Waals surface area contributed by atoms with E-state index in [1.165, 1.54) is 12.4 Å². The summed E-state index contributed by atoms with van der Waals surface area (Å²) in [7, 11) is 0. The fourth-order valence-corrected chi connectivity index (χ4v) is 1.33. The molecule has 1 aromatic carbocycles. The fraction of sp³-hybridized carbons (Fsp3) is 0. The Morgan fingerprint density at radius 3 is 2.56 bits per heavy atom. The average Bonchev–Trinajstić information content (AvgIpc) is 2.83. The number of amides is 3. The van der Waals surface area contributed by atoms with Crippen LogP contribution in [0.25, 0.3) is 0 Å². The van der Waals surface area contributed by atoms with Gasteiger partial charge >= 0.3 is 18.1 Å². The number of urea groups is 1. The van der Waals surface area contributed by atoms with E-state index in [9.17, 15) is 9.59 Å². The number of aromatic nitrogens is 2. The van der Waals surface area contributed by atoms with Gasteiger partial charge in [-0.1, -0.05) is 18.2 Å². The summed E-state index contributed by atoms with van der Waals surface area (Å²) in [6.07, 6.45) is 1.98. The Morgan fingerprint density at radius 2 is 2.00 bits per heavy atom. The first-order valence-corrected chi connectivity index (χ1v) is 5.04. The Balaban J connectivity index is 2.21. The van der Waals surface area contributed by atoms with Gasteiger partial charge < -0.3 is 15.5 Å². The third-order valence-electron chi connectivity index (χ3n) is 2.07. The van der Waals surface area contributed by atoms with Crippen molar-refractivity contribution in [2.24, 2.45) is 5.73 Å². The summed E-state index contributed by atoms with van der Waals surface area (Å²) < 4.78 is 4.85. The molecule has 0 aliphatic heterocycles. The highest BCUT2D eigenvalue weighted by atomic mass is 16.6. The van der Waals surface area contributed by atoms with Crippen LogP contribution in [0.2, 0.25) is 0 Å². The highest BCUT2D eigenvalue weighted by Gasteiger charge is 2.23. The van der Waals surface area contributed by atoms with Crippen molar-refractivity contribution in [1.29, 1.82) is 0 Å². The van der Waals surface area contributed by atoms with Gasteiger partial charge in [-0.3, -0.25) is 0 Å². The summed E-state index contributed by atoms with van der Waals surface area (Å²) in [5.41, 5.74) is 5.48. The van der Waals surface area contributed by atoms with E-state index in [-0.39, 0.29) is 6.01 Å². The maximum absolute atomic E-state index is 11.8. The number of rotatable bonds is 2. The van der Waals surface area contributed by atoms with E-state index in [4.69, 9.17) is 10.5 Å². The first kappa shape index (κ1) is 11.6. The number of imide groups is 1. The minimum absolute atomic E-state index is 0.0119. The zero-order valence-electron chi connectivity index (χ0n) is 9.24. The van der Waals surface area contributed by atoms with Crippen LogP contribution < -0.4 is 15.4 Å². The minimum atomic E-state index is -0.933. The predicted molar refractivity (Wildman–Crippen MR) is 63.1 cm³/mol. The van der Waals surface area contributed by atoms with Crippen LogP contribution in [0.15, 0.2) is 42.7 Å². The maximum atomic E-state index is 11.8. The number of H-pyrrole nitrogens is 1. The standard InChI is InChI=1S/C11H10N4O3/c12-9(16)15(8-4-2-1-3-5-8)11(17)18-10-13-6-7-14-10/h1-7H,(H2,12,16)(H,13,14). The molecule has 2 aromatic rings. The molecule has 0 radical (unpaired) electrons. The zero-order valence-corrected chi connectivity index (χ0v) is 9.24. The first-order valence-electron chi connectivity index (χ1n) is 5.04. The summed E-state index contributed by atoms with van der Waals surface area (Å²) in [6.45, 7) is 0. The number of nitrogens with zero attached hydrogens (tertiary/aromatic N) is 2. The monoisotopic (exact) mass is 246 g/mol. The van der Waals surface area contributed by atoms with Crippen molar-refractivity contribution in [3.05, 3.63) is 42.7 Å². The number of ether oxygens (including phenoxy) is 1. The summed E-state index contributed by atoms with van der Waals surface area (Å²) in [5, 5.41) is 0. The number of nitrogens with two attached hydrogens (primary N) is 1. The molecule has 0 aliphatic carbocycles. The second kappa shape index (κ2) is 5.00. The number of aromatic amines is 1. The van der Waals surface area contributed by atoms with Gasteiger partial charge in [-0.25, -0.2) is 14.6 Å². The van der Waals surface area contributed by atoms with Gasteiger partial charge in [0.15, 0.2) is 0 Å². The lowest BCUT2D eigenvalue weighted by Crippen LogP contribution is -2.42. The van der Waals surface area contributed by atoms with Gasteiger partial charge in [0.25, 0.3) is 0 Å². The topological polar surface area (TPSA) is 101 Å². The summed E-state index contributed by atoms with van der Waals surface area (Å²) in [4.78, 5) is 30.1. The Kier molecular flexibility index (Phi) is 3.24. The Morgan fingerprint density at radius 1 is 1.28 bits per heavy atom. The van der Waals surface area contributed by atoms with Crippen LogP contribution in [0, 0.1) is 0 Å². The third-order valence-corrected chi connectivity index (χ3v) is 2.07. The van der Waals surface area contributed by atoms with Gasteiger partial charge in [-0.2, -0.15) is 4.90 Å². The van der Waals surface area contributed by atoms with Gasteiger partial charge in [0.2, 0.25) is 0 Å². The lowest BCUT2D eigenvalue weighted by Gasteiger charge is -2.16. The Hall–Kier alpha value is -2.83. The molecule has 18 heavy (non-hydrogen) atoms. The second-order valence-electron chi connectivity index (χ2n) is 3.27. The van der Waals surface area contributed by atoms with Crippen molar-refractivity contribution < 1.29 is 14.3 Å². The molecule has 92 valence electrons. The lowest BCUT2D eigenvalue weighted by atomic mass is 10.3. The van der Waals surface area contributed by atoms with Gasteiger partial charge in [-0.05, 0) is 12.1 Å². The zero-order chi connectivity index (χ0) is 13.0. The number of carbonyl (C=O) groups excluding carboxylic acids is 2. The summed E-state index contributed by atoms with van der Waals surface area (Å²) in [6, 6.07) is 7.28. The number of anilines is 1. The molecule has 0 fully saturated rings. The fourth-order valence-electron chi connectivity index (χ4n) is 1.33. The van der Waals surface area contributed by atoms with Crippen molar-refractivity contribution >= 4 is 17.8 Å². The van der Waals surface area contributed by atoms with Crippen molar-refractivity contribution in [3.8, 4) is 6.01 Å². The molecule has 7 heteroatoms. The second-order valence-corrected chi connectivity index (χ2v) is 3.27. The number of benzene rings is 1. The summed E-state index contributed by atoms with van der Waals surface area (Å²) >= 11 is 0. The SMILES string of the molecule is NC(=O)N(C(=O)Oc1ncc[nH]1)c1ccccc1. The number of carbonyl (C=O) groups is 2. The van der Waals surface area contributed by atoms with Crippen LogP contribution in [-0.2, 0) is 0 Å². The highest BCUT2D eigenvalue weighted by Crippen LogP contribution is 2.14. The van der Waals surface area contributed by atoms with Crippen molar-refractivity contribution in [3.63, 3.8) is 0 Å². The number of imidazole rings is 1. The van der Waals surface area contributed by atoms with Crippen molar-refractivity contribution in [2.75, 3.05) is 4.90 Å². The van der Waals surface area contributed by atoms with Gasteiger partial charge in [0.1, 0.15) is 0 Å². The number of primary amides is 1. The van der Waals surface area contributed by atoms with E-state index >= 15 is 0 Å². The third kappa shape index (κ3) is 2.46. The van der Waals surface area contributed by atoms with Gasteiger partial charge in [-0.15, -0.1) is 0 Å². The molecular formula is C11H10N4O3. The van der Waals surface area contributed by atoms with Gasteiger partial charge in [0, 0.05) is 12.4 Å². The van der Waals surface area contributed by atoms with Crippen LogP contribution in [-0.4, -0.2) is 22.1 Å². The van der Waals surface area contributed by atoms with Crippen LogP contribution >= 0.6 is 0 Å². The molecule has 0 aliphatic rings. The normalized spacial score (nSPS) is 9.78.